The van der Waals surface area contributed by atoms with Crippen LogP contribution in [0, 0.1) is 0 Å². The molecule has 0 aliphatic carbocycles. The van der Waals surface area contributed by atoms with Crippen LogP contribution in [-0.4, -0.2) is 28.8 Å². The molecule has 1 aromatic carbocycles. The summed E-state index contributed by atoms with van der Waals surface area (Å²) in [5, 5.41) is 7.71. The number of aryl methyl sites for hydroxylation is 1. The van der Waals surface area contributed by atoms with Gasteiger partial charge in [0.1, 0.15) is 5.75 Å². The van der Waals surface area contributed by atoms with E-state index in [4.69, 9.17) is 22.1 Å². The van der Waals surface area contributed by atoms with Gasteiger partial charge in [-0.2, -0.15) is 5.10 Å². The van der Waals surface area contributed by atoms with Crippen LogP contribution in [0.1, 0.15) is 41.9 Å². The number of halogens is 1. The van der Waals surface area contributed by atoms with Gasteiger partial charge in [0.05, 0.1) is 23.9 Å². The molecule has 1 heterocycles. The van der Waals surface area contributed by atoms with Crippen LogP contribution < -0.4 is 15.8 Å². The number of hydrogen-bond acceptors (Lipinski definition) is 4. The van der Waals surface area contributed by atoms with Crippen molar-refractivity contribution in [2.24, 2.45) is 12.8 Å². The maximum Gasteiger partial charge on any atom is 0.255 e. The number of rotatable bonds is 8. The van der Waals surface area contributed by atoms with Gasteiger partial charge in [-0.15, -0.1) is 0 Å². The molecule has 1 amide bonds. The Morgan fingerprint density at radius 2 is 2.25 bits per heavy atom. The normalized spacial score (nSPS) is 12.0. The molecule has 0 spiro atoms. The zero-order valence-corrected chi connectivity index (χ0v) is 14.7. The number of nitrogens with two attached hydrogens (primary N) is 1. The third-order valence-electron chi connectivity index (χ3n) is 3.72. The van der Waals surface area contributed by atoms with Gasteiger partial charge in [-0.1, -0.05) is 18.5 Å². The van der Waals surface area contributed by atoms with Gasteiger partial charge in [0.2, 0.25) is 0 Å². The van der Waals surface area contributed by atoms with Gasteiger partial charge in [0, 0.05) is 18.3 Å². The molecule has 3 N–H and O–H groups in total. The van der Waals surface area contributed by atoms with Crippen molar-refractivity contribution in [2.75, 3.05) is 13.2 Å². The topological polar surface area (TPSA) is 82.2 Å². The highest BCUT2D eigenvalue weighted by molar-refractivity contribution is 6.30. The van der Waals surface area contributed by atoms with E-state index in [-0.39, 0.29) is 11.9 Å². The number of hydrogen-bond donors (Lipinski definition) is 2. The molecule has 0 radical (unpaired) electrons. The summed E-state index contributed by atoms with van der Waals surface area (Å²) in [6.07, 6.45) is 3.18. The third kappa shape index (κ3) is 4.49. The van der Waals surface area contributed by atoms with Crippen LogP contribution in [0.3, 0.4) is 0 Å². The summed E-state index contributed by atoms with van der Waals surface area (Å²) in [6, 6.07) is 6.77. The lowest BCUT2D eigenvalue weighted by Gasteiger charge is -2.19. The molecule has 6 nitrogen and oxygen atoms in total. The van der Waals surface area contributed by atoms with Crippen LogP contribution in [-0.2, 0) is 7.05 Å². The summed E-state index contributed by atoms with van der Waals surface area (Å²) < 4.78 is 7.43. The molecular weight excluding hydrogens is 328 g/mol. The number of ether oxygens (including phenoxy) is 1. The number of benzene rings is 1. The second-order valence-electron chi connectivity index (χ2n) is 5.45. The summed E-state index contributed by atoms with van der Waals surface area (Å²) >= 11 is 6.02. The van der Waals surface area contributed by atoms with E-state index in [2.05, 4.69) is 10.4 Å². The van der Waals surface area contributed by atoms with Crippen molar-refractivity contribution in [3.63, 3.8) is 0 Å². The fraction of sp³-hybridized carbons (Fsp3) is 0.412. The third-order valence-corrected chi connectivity index (χ3v) is 3.96. The Morgan fingerprint density at radius 1 is 1.46 bits per heavy atom. The average molecular weight is 351 g/mol. The van der Waals surface area contributed by atoms with Gasteiger partial charge in [-0.25, -0.2) is 0 Å². The summed E-state index contributed by atoms with van der Waals surface area (Å²) in [5.41, 5.74) is 6.88. The van der Waals surface area contributed by atoms with Crippen LogP contribution in [0.2, 0.25) is 5.02 Å². The molecular formula is C17H23ClN4O2. The maximum absolute atomic E-state index is 12.7. The molecule has 130 valence electrons. The van der Waals surface area contributed by atoms with E-state index in [1.54, 1.807) is 29.1 Å². The summed E-state index contributed by atoms with van der Waals surface area (Å²) in [4.78, 5) is 12.7. The number of nitrogens with one attached hydrogen (secondary N) is 1. The fourth-order valence-electron chi connectivity index (χ4n) is 2.42. The monoisotopic (exact) mass is 350 g/mol. The number of amides is 1. The van der Waals surface area contributed by atoms with Crippen LogP contribution in [0.15, 0.2) is 30.5 Å². The fourth-order valence-corrected chi connectivity index (χ4v) is 2.58. The summed E-state index contributed by atoms with van der Waals surface area (Å²) in [7, 11) is 1.85. The standard InChI is InChI=1S/C17H23ClN4O2/c1-3-14(15-7-9-20-22(15)2)21-17(23)13-6-5-12(18)11-16(13)24-10-4-8-19/h5-7,9,11,14H,3-4,8,10,19H2,1-2H3,(H,21,23). The molecule has 1 aromatic heterocycles. The van der Waals surface area contributed by atoms with E-state index in [1.165, 1.54) is 0 Å². The molecule has 0 fully saturated rings. The van der Waals surface area contributed by atoms with Crippen molar-refractivity contribution in [2.45, 2.75) is 25.8 Å². The zero-order valence-electron chi connectivity index (χ0n) is 14.0. The predicted molar refractivity (Wildman–Crippen MR) is 94.3 cm³/mol. The minimum atomic E-state index is -0.206. The molecule has 1 unspecified atom stereocenters. The first-order valence-corrected chi connectivity index (χ1v) is 8.35. The number of aromatic nitrogens is 2. The molecule has 24 heavy (non-hydrogen) atoms. The smallest absolute Gasteiger partial charge is 0.255 e. The zero-order chi connectivity index (χ0) is 17.5. The van der Waals surface area contributed by atoms with Gasteiger partial charge in [-0.05, 0) is 43.7 Å². The Balaban J connectivity index is 2.17. The molecule has 0 aliphatic heterocycles. The minimum Gasteiger partial charge on any atom is -0.493 e. The first-order valence-electron chi connectivity index (χ1n) is 7.98. The van der Waals surface area contributed by atoms with Crippen molar-refractivity contribution >= 4 is 17.5 Å². The van der Waals surface area contributed by atoms with Crippen molar-refractivity contribution in [3.05, 3.63) is 46.7 Å². The molecule has 7 heteroatoms. The SMILES string of the molecule is CCC(NC(=O)c1ccc(Cl)cc1OCCCN)c1ccnn1C. The molecule has 2 rings (SSSR count). The van der Waals surface area contributed by atoms with E-state index in [1.807, 2.05) is 20.0 Å². The van der Waals surface area contributed by atoms with Gasteiger partial charge in [-0.3, -0.25) is 9.48 Å². The maximum atomic E-state index is 12.7. The molecule has 0 bridgehead atoms. The summed E-state index contributed by atoms with van der Waals surface area (Å²) in [5.74, 6) is 0.260. The lowest BCUT2D eigenvalue weighted by molar-refractivity contribution is 0.0930. The largest absolute Gasteiger partial charge is 0.493 e. The molecule has 0 saturated heterocycles. The van der Waals surface area contributed by atoms with E-state index in [9.17, 15) is 4.79 Å². The number of carbonyl (C=O) groups excluding carboxylic acids is 1. The van der Waals surface area contributed by atoms with E-state index < -0.39 is 0 Å². The van der Waals surface area contributed by atoms with Crippen molar-refractivity contribution in [3.8, 4) is 5.75 Å². The van der Waals surface area contributed by atoms with Crippen LogP contribution in [0.5, 0.6) is 5.75 Å². The molecule has 0 saturated carbocycles. The average Bonchev–Trinajstić information content (AvgIpc) is 2.98. The van der Waals surface area contributed by atoms with Crippen LogP contribution in [0.4, 0.5) is 0 Å². The lowest BCUT2D eigenvalue weighted by Crippen LogP contribution is -2.30. The quantitative estimate of drug-likeness (QED) is 0.717. The van der Waals surface area contributed by atoms with E-state index in [0.29, 0.717) is 35.9 Å². The Bertz CT molecular complexity index is 687. The molecule has 2 aromatic rings. The van der Waals surface area contributed by atoms with Crippen LogP contribution >= 0.6 is 11.6 Å². The van der Waals surface area contributed by atoms with Crippen molar-refractivity contribution in [1.82, 2.24) is 15.1 Å². The Morgan fingerprint density at radius 3 is 2.88 bits per heavy atom. The Labute approximate surface area is 146 Å². The first-order chi connectivity index (χ1) is 11.6. The highest BCUT2D eigenvalue weighted by atomic mass is 35.5. The Kier molecular flexibility index (Phi) is 6.63. The highest BCUT2D eigenvalue weighted by Gasteiger charge is 2.19. The highest BCUT2D eigenvalue weighted by Crippen LogP contribution is 2.25. The van der Waals surface area contributed by atoms with Crippen molar-refractivity contribution < 1.29 is 9.53 Å². The summed E-state index contributed by atoms with van der Waals surface area (Å²) in [6.45, 7) is 2.98. The lowest BCUT2D eigenvalue weighted by atomic mass is 10.1. The van der Waals surface area contributed by atoms with E-state index >= 15 is 0 Å². The van der Waals surface area contributed by atoms with E-state index in [0.717, 1.165) is 12.1 Å². The predicted octanol–water partition coefficient (Wildman–Crippen LogP) is 2.68. The first kappa shape index (κ1) is 18.3. The van der Waals surface area contributed by atoms with Gasteiger partial charge < -0.3 is 15.8 Å². The molecule has 0 aliphatic rings. The van der Waals surface area contributed by atoms with Gasteiger partial charge in [0.15, 0.2) is 0 Å². The number of carbonyl (C=O) groups is 1. The minimum absolute atomic E-state index is 0.127. The molecule has 1 atom stereocenters. The Hall–Kier alpha value is -2.05. The number of nitrogens with zero attached hydrogens (tertiary/aromatic N) is 2. The second kappa shape index (κ2) is 8.70. The van der Waals surface area contributed by atoms with Gasteiger partial charge >= 0.3 is 0 Å². The van der Waals surface area contributed by atoms with Crippen LogP contribution in [0.25, 0.3) is 0 Å². The van der Waals surface area contributed by atoms with Crippen molar-refractivity contribution in [1.29, 1.82) is 0 Å². The second-order valence-corrected chi connectivity index (χ2v) is 5.88. The van der Waals surface area contributed by atoms with Gasteiger partial charge in [0.25, 0.3) is 5.91 Å².